The van der Waals surface area contributed by atoms with E-state index in [1.54, 1.807) is 0 Å². The molecule has 1 aromatic rings. The van der Waals surface area contributed by atoms with Gasteiger partial charge in [-0.2, -0.15) is 0 Å². The summed E-state index contributed by atoms with van der Waals surface area (Å²) in [6, 6.07) is 6.00. The molecule has 2 rings (SSSR count). The first-order valence-corrected chi connectivity index (χ1v) is 7.96. The van der Waals surface area contributed by atoms with Crippen LogP contribution in [0.3, 0.4) is 0 Å². The number of carbonyl (C=O) groups is 1. The molecule has 0 bridgehead atoms. The topological polar surface area (TPSA) is 29.1 Å². The van der Waals surface area contributed by atoms with Crippen molar-refractivity contribution < 1.29 is 4.79 Å². The Labute approximate surface area is 124 Å². The van der Waals surface area contributed by atoms with Gasteiger partial charge in [-0.15, -0.1) is 0 Å². The van der Waals surface area contributed by atoms with Crippen molar-refractivity contribution in [3.63, 3.8) is 0 Å². The highest BCUT2D eigenvalue weighted by Crippen LogP contribution is 2.28. The van der Waals surface area contributed by atoms with Crippen molar-refractivity contribution in [2.45, 2.75) is 44.4 Å². The molecule has 1 aliphatic carbocycles. The van der Waals surface area contributed by atoms with Gasteiger partial charge in [0.2, 0.25) is 0 Å². The third-order valence-electron chi connectivity index (χ3n) is 3.81. The number of hydrogen-bond donors (Lipinski definition) is 1. The van der Waals surface area contributed by atoms with E-state index >= 15 is 0 Å². The minimum atomic E-state index is 0.0627. The van der Waals surface area contributed by atoms with Crippen LogP contribution in [0.15, 0.2) is 18.2 Å². The predicted molar refractivity (Wildman–Crippen MR) is 82.9 cm³/mol. The van der Waals surface area contributed by atoms with Crippen LogP contribution < -0.4 is 5.32 Å². The Morgan fingerprint density at radius 3 is 2.32 bits per heavy atom. The summed E-state index contributed by atoms with van der Waals surface area (Å²) >= 11 is 3.66. The largest absolute Gasteiger partial charge is 0.352 e. The van der Waals surface area contributed by atoms with Crippen molar-refractivity contribution in [3.8, 4) is 0 Å². The van der Waals surface area contributed by atoms with Gasteiger partial charge in [0.05, 0.1) is 0 Å². The maximum absolute atomic E-state index is 12.1. The summed E-state index contributed by atoms with van der Waals surface area (Å²) in [5, 5.41) is 3.08. The second kappa shape index (κ2) is 6.56. The second-order valence-electron chi connectivity index (χ2n) is 5.70. The number of benzene rings is 1. The Morgan fingerprint density at radius 2 is 1.74 bits per heavy atom. The van der Waals surface area contributed by atoms with Crippen LogP contribution in [-0.4, -0.2) is 17.3 Å². The minimum absolute atomic E-state index is 0.0627. The normalized spacial score (nSPS) is 23.1. The van der Waals surface area contributed by atoms with Gasteiger partial charge in [0.1, 0.15) is 0 Å². The van der Waals surface area contributed by atoms with Crippen molar-refractivity contribution >= 4 is 21.8 Å². The van der Waals surface area contributed by atoms with E-state index in [0.29, 0.717) is 10.7 Å². The van der Waals surface area contributed by atoms with Gasteiger partial charge in [-0.05, 0) is 57.6 Å². The standard InChI is InChI=1S/C16H22BrNO/c1-11-7-12(2)9-14(8-11)16(19)18-10-13-3-5-15(17)6-4-13/h7-9,13,15H,3-6,10H2,1-2H3,(H,18,19). The molecule has 0 saturated heterocycles. The molecule has 104 valence electrons. The van der Waals surface area contributed by atoms with Crippen LogP contribution in [0.25, 0.3) is 0 Å². The average molecular weight is 324 g/mol. The van der Waals surface area contributed by atoms with Crippen LogP contribution in [0.5, 0.6) is 0 Å². The molecular formula is C16H22BrNO. The fourth-order valence-electron chi connectivity index (χ4n) is 2.77. The zero-order chi connectivity index (χ0) is 13.8. The van der Waals surface area contributed by atoms with Gasteiger partial charge >= 0.3 is 0 Å². The van der Waals surface area contributed by atoms with Crippen molar-refractivity contribution in [1.29, 1.82) is 0 Å². The molecular weight excluding hydrogens is 302 g/mol. The van der Waals surface area contributed by atoms with E-state index in [2.05, 4.69) is 27.3 Å². The molecule has 1 saturated carbocycles. The number of aryl methyl sites for hydroxylation is 2. The first kappa shape index (κ1) is 14.6. The molecule has 3 heteroatoms. The first-order chi connectivity index (χ1) is 9.04. The van der Waals surface area contributed by atoms with E-state index in [-0.39, 0.29) is 5.91 Å². The monoisotopic (exact) mass is 323 g/mol. The van der Waals surface area contributed by atoms with Crippen LogP contribution in [0, 0.1) is 19.8 Å². The van der Waals surface area contributed by atoms with Crippen LogP contribution in [0.1, 0.15) is 47.2 Å². The molecule has 0 aromatic heterocycles. The lowest BCUT2D eigenvalue weighted by molar-refractivity contribution is 0.0943. The van der Waals surface area contributed by atoms with Crippen molar-refractivity contribution in [2.75, 3.05) is 6.54 Å². The smallest absolute Gasteiger partial charge is 0.251 e. The maximum Gasteiger partial charge on any atom is 0.251 e. The summed E-state index contributed by atoms with van der Waals surface area (Å²) < 4.78 is 0. The Kier molecular flexibility index (Phi) is 5.03. The molecule has 1 aliphatic rings. The highest BCUT2D eigenvalue weighted by atomic mass is 79.9. The molecule has 1 aromatic carbocycles. The molecule has 0 atom stereocenters. The zero-order valence-corrected chi connectivity index (χ0v) is 13.3. The van der Waals surface area contributed by atoms with Gasteiger partial charge in [0.25, 0.3) is 5.91 Å². The summed E-state index contributed by atoms with van der Waals surface area (Å²) in [5.74, 6) is 0.705. The molecule has 0 spiro atoms. The Hall–Kier alpha value is -0.830. The van der Waals surface area contributed by atoms with Crippen molar-refractivity contribution in [1.82, 2.24) is 5.32 Å². The summed E-state index contributed by atoms with van der Waals surface area (Å²) in [6.45, 7) is 4.87. The SMILES string of the molecule is Cc1cc(C)cc(C(=O)NCC2CCC(Br)CC2)c1. The lowest BCUT2D eigenvalue weighted by atomic mass is 9.89. The first-order valence-electron chi connectivity index (χ1n) is 7.05. The quantitative estimate of drug-likeness (QED) is 0.837. The lowest BCUT2D eigenvalue weighted by Crippen LogP contribution is -2.31. The van der Waals surface area contributed by atoms with Crippen LogP contribution >= 0.6 is 15.9 Å². The minimum Gasteiger partial charge on any atom is -0.352 e. The fraction of sp³-hybridized carbons (Fsp3) is 0.562. The van der Waals surface area contributed by atoms with E-state index in [1.165, 1.54) is 25.7 Å². The number of amides is 1. The van der Waals surface area contributed by atoms with Crippen molar-refractivity contribution in [3.05, 3.63) is 34.9 Å². The van der Waals surface area contributed by atoms with E-state index < -0.39 is 0 Å². The number of rotatable bonds is 3. The highest BCUT2D eigenvalue weighted by Gasteiger charge is 2.19. The highest BCUT2D eigenvalue weighted by molar-refractivity contribution is 9.09. The molecule has 19 heavy (non-hydrogen) atoms. The average Bonchev–Trinajstić information content (AvgIpc) is 2.36. The van der Waals surface area contributed by atoms with Crippen molar-refractivity contribution in [2.24, 2.45) is 5.92 Å². The molecule has 0 heterocycles. The number of halogens is 1. The maximum atomic E-state index is 12.1. The van der Waals surface area contributed by atoms with E-state index in [4.69, 9.17) is 0 Å². The predicted octanol–water partition coefficient (Wildman–Crippen LogP) is 3.99. The van der Waals surface area contributed by atoms with Crippen LogP contribution in [-0.2, 0) is 0 Å². The summed E-state index contributed by atoms with van der Waals surface area (Å²) in [7, 11) is 0. The number of carbonyl (C=O) groups excluding carboxylic acids is 1. The molecule has 0 unspecified atom stereocenters. The molecule has 2 nitrogen and oxygen atoms in total. The third-order valence-corrected chi connectivity index (χ3v) is 4.73. The van der Waals surface area contributed by atoms with Gasteiger partial charge in [-0.3, -0.25) is 4.79 Å². The number of hydrogen-bond acceptors (Lipinski definition) is 1. The Bertz CT molecular complexity index is 430. The van der Waals surface area contributed by atoms with Gasteiger partial charge in [-0.25, -0.2) is 0 Å². The molecule has 0 radical (unpaired) electrons. The summed E-state index contributed by atoms with van der Waals surface area (Å²) in [4.78, 5) is 12.8. The number of nitrogens with one attached hydrogen (secondary N) is 1. The number of alkyl halides is 1. The van der Waals surface area contributed by atoms with E-state index in [0.717, 1.165) is 23.2 Å². The van der Waals surface area contributed by atoms with Crippen LogP contribution in [0.4, 0.5) is 0 Å². The fourth-order valence-corrected chi connectivity index (χ4v) is 3.30. The van der Waals surface area contributed by atoms with Gasteiger partial charge in [-0.1, -0.05) is 33.1 Å². The van der Waals surface area contributed by atoms with Crippen LogP contribution in [0.2, 0.25) is 0 Å². The molecule has 0 aliphatic heterocycles. The molecule has 1 fully saturated rings. The Morgan fingerprint density at radius 1 is 1.16 bits per heavy atom. The molecule has 1 N–H and O–H groups in total. The molecule has 1 amide bonds. The van der Waals surface area contributed by atoms with Gasteiger partial charge in [0, 0.05) is 16.9 Å². The van der Waals surface area contributed by atoms with Gasteiger partial charge in [0.15, 0.2) is 0 Å². The Balaban J connectivity index is 1.87. The van der Waals surface area contributed by atoms with E-state index in [9.17, 15) is 4.79 Å². The summed E-state index contributed by atoms with van der Waals surface area (Å²) in [6.07, 6.45) is 4.88. The zero-order valence-electron chi connectivity index (χ0n) is 11.7. The third kappa shape index (κ3) is 4.34. The van der Waals surface area contributed by atoms with Gasteiger partial charge < -0.3 is 5.32 Å². The van der Waals surface area contributed by atoms with E-state index in [1.807, 2.05) is 26.0 Å². The summed E-state index contributed by atoms with van der Waals surface area (Å²) in [5.41, 5.74) is 3.07. The second-order valence-corrected chi connectivity index (χ2v) is 7.00. The lowest BCUT2D eigenvalue weighted by Gasteiger charge is -2.25.